The van der Waals surface area contributed by atoms with Gasteiger partial charge in [0.25, 0.3) is 0 Å². The van der Waals surface area contributed by atoms with Gasteiger partial charge in [-0.1, -0.05) is 42.5 Å². The lowest BCUT2D eigenvalue weighted by molar-refractivity contribution is -0.119. The van der Waals surface area contributed by atoms with E-state index in [-0.39, 0.29) is 13.0 Å². The summed E-state index contributed by atoms with van der Waals surface area (Å²) in [5.41, 5.74) is 1.71. The molecule has 28 heavy (non-hydrogen) atoms. The molecule has 146 valence electrons. The third-order valence-electron chi connectivity index (χ3n) is 3.97. The number of carbonyl (C=O) groups excluding carboxylic acids is 2. The van der Waals surface area contributed by atoms with Crippen LogP contribution in [0.15, 0.2) is 66.7 Å². The molecule has 7 nitrogen and oxygen atoms in total. The average Bonchev–Trinajstić information content (AvgIpc) is 2.71. The molecule has 2 aromatic rings. The number of amides is 2. The highest BCUT2D eigenvalue weighted by atomic mass is 16.5. The van der Waals surface area contributed by atoms with Crippen LogP contribution in [0.3, 0.4) is 0 Å². The van der Waals surface area contributed by atoms with Gasteiger partial charge in [0.15, 0.2) is 0 Å². The lowest BCUT2D eigenvalue weighted by atomic mass is 9.76. The highest BCUT2D eigenvalue weighted by Crippen LogP contribution is 2.12. The van der Waals surface area contributed by atoms with Crippen LogP contribution in [-0.2, 0) is 22.6 Å². The van der Waals surface area contributed by atoms with Crippen LogP contribution in [0, 0.1) is 0 Å². The smallest absolute Gasteiger partial charge is 0.475 e. The Labute approximate surface area is 164 Å². The molecule has 1 atom stereocenters. The SMILES string of the molecule is COc1cccc(CNC(=O)C=CC(=O)NC(Cc2ccccc2)B(O)O)c1. The minimum atomic E-state index is -1.72. The van der Waals surface area contributed by atoms with Crippen molar-refractivity contribution >= 4 is 18.9 Å². The number of carbonyl (C=O) groups is 2. The first kappa shape index (κ1) is 21.2. The minimum Gasteiger partial charge on any atom is -0.497 e. The van der Waals surface area contributed by atoms with Crippen LogP contribution < -0.4 is 15.4 Å². The number of nitrogens with one attached hydrogen (secondary N) is 2. The quantitative estimate of drug-likeness (QED) is 0.376. The number of hydrogen-bond acceptors (Lipinski definition) is 5. The molecule has 2 rings (SSSR count). The highest BCUT2D eigenvalue weighted by Gasteiger charge is 2.24. The molecular weight excluding hydrogens is 359 g/mol. The maximum absolute atomic E-state index is 12.0. The number of ether oxygens (including phenoxy) is 1. The summed E-state index contributed by atoms with van der Waals surface area (Å²) < 4.78 is 5.12. The van der Waals surface area contributed by atoms with Gasteiger partial charge in [-0.25, -0.2) is 0 Å². The Hall–Kier alpha value is -3.10. The Balaban J connectivity index is 1.84. The summed E-state index contributed by atoms with van der Waals surface area (Å²) in [6, 6.07) is 16.4. The van der Waals surface area contributed by atoms with Crippen molar-refractivity contribution in [2.24, 2.45) is 0 Å². The molecule has 1 unspecified atom stereocenters. The zero-order valence-electron chi connectivity index (χ0n) is 15.5. The van der Waals surface area contributed by atoms with Crippen molar-refractivity contribution in [3.63, 3.8) is 0 Å². The minimum absolute atomic E-state index is 0.250. The van der Waals surface area contributed by atoms with E-state index in [0.29, 0.717) is 5.75 Å². The number of hydrogen-bond donors (Lipinski definition) is 4. The van der Waals surface area contributed by atoms with Crippen molar-refractivity contribution in [3.05, 3.63) is 77.9 Å². The molecule has 0 aliphatic carbocycles. The molecule has 2 aromatic carbocycles. The van der Waals surface area contributed by atoms with Crippen molar-refractivity contribution in [2.75, 3.05) is 7.11 Å². The second kappa shape index (κ2) is 10.9. The van der Waals surface area contributed by atoms with E-state index < -0.39 is 24.9 Å². The highest BCUT2D eigenvalue weighted by molar-refractivity contribution is 6.43. The predicted molar refractivity (Wildman–Crippen MR) is 106 cm³/mol. The molecule has 0 heterocycles. The first-order valence-corrected chi connectivity index (χ1v) is 8.77. The summed E-state index contributed by atoms with van der Waals surface area (Å²) >= 11 is 0. The Morgan fingerprint density at radius 2 is 1.71 bits per heavy atom. The Bertz CT molecular complexity index is 811. The van der Waals surface area contributed by atoms with E-state index in [0.717, 1.165) is 23.3 Å². The molecule has 0 bridgehead atoms. The fourth-order valence-corrected chi connectivity index (χ4v) is 2.51. The Morgan fingerprint density at radius 3 is 2.39 bits per heavy atom. The summed E-state index contributed by atoms with van der Waals surface area (Å²) in [6.45, 7) is 0.286. The third-order valence-corrected chi connectivity index (χ3v) is 3.97. The lowest BCUT2D eigenvalue weighted by Gasteiger charge is -2.16. The third kappa shape index (κ3) is 7.26. The van der Waals surface area contributed by atoms with Crippen molar-refractivity contribution in [2.45, 2.75) is 18.9 Å². The van der Waals surface area contributed by atoms with Gasteiger partial charge < -0.3 is 25.4 Å². The molecular formula is C20H23BN2O5. The standard InChI is InChI=1S/C20H23BN2O5/c1-28-17-9-5-8-16(12-17)14-22-19(24)10-11-20(25)23-18(21(26)27)13-15-6-3-2-4-7-15/h2-12,18,26-27H,13-14H2,1H3,(H,22,24)(H,23,25). The van der Waals surface area contributed by atoms with Crippen LogP contribution >= 0.6 is 0 Å². The number of rotatable bonds is 9. The zero-order chi connectivity index (χ0) is 20.4. The van der Waals surface area contributed by atoms with Gasteiger partial charge in [0.1, 0.15) is 5.75 Å². The first-order chi connectivity index (χ1) is 13.5. The van der Waals surface area contributed by atoms with Gasteiger partial charge in [0.05, 0.1) is 13.1 Å². The van der Waals surface area contributed by atoms with Crippen molar-refractivity contribution in [1.82, 2.24) is 10.6 Å². The molecule has 8 heteroatoms. The van der Waals surface area contributed by atoms with E-state index in [1.54, 1.807) is 19.2 Å². The monoisotopic (exact) mass is 382 g/mol. The summed E-state index contributed by atoms with van der Waals surface area (Å²) in [5, 5.41) is 24.1. The van der Waals surface area contributed by atoms with Crippen LogP contribution in [0.25, 0.3) is 0 Å². The molecule has 0 aromatic heterocycles. The molecule has 0 spiro atoms. The van der Waals surface area contributed by atoms with Crippen LogP contribution in [-0.4, -0.2) is 42.0 Å². The first-order valence-electron chi connectivity index (χ1n) is 8.77. The molecule has 0 aliphatic heterocycles. The summed E-state index contributed by atoms with van der Waals surface area (Å²) in [6.07, 6.45) is 2.40. The molecule has 0 saturated carbocycles. The van der Waals surface area contributed by atoms with Gasteiger partial charge in [0, 0.05) is 18.7 Å². The summed E-state index contributed by atoms with van der Waals surface area (Å²) in [4.78, 5) is 23.9. The number of methoxy groups -OCH3 is 1. The van der Waals surface area contributed by atoms with Gasteiger partial charge in [-0.05, 0) is 29.7 Å². The fourth-order valence-electron chi connectivity index (χ4n) is 2.51. The second-order valence-corrected chi connectivity index (χ2v) is 6.12. The summed E-state index contributed by atoms with van der Waals surface area (Å²) in [5.74, 6) is -1.24. The molecule has 0 radical (unpaired) electrons. The summed E-state index contributed by atoms with van der Waals surface area (Å²) in [7, 11) is -0.160. The maximum atomic E-state index is 12.0. The van der Waals surface area contributed by atoms with Crippen molar-refractivity contribution in [3.8, 4) is 5.75 Å². The van der Waals surface area contributed by atoms with E-state index in [2.05, 4.69) is 10.6 Å². The topological polar surface area (TPSA) is 108 Å². The van der Waals surface area contributed by atoms with Crippen molar-refractivity contribution in [1.29, 1.82) is 0 Å². The largest absolute Gasteiger partial charge is 0.497 e. The fraction of sp³-hybridized carbons (Fsp3) is 0.200. The second-order valence-electron chi connectivity index (χ2n) is 6.12. The van der Waals surface area contributed by atoms with Gasteiger partial charge >= 0.3 is 7.12 Å². The van der Waals surface area contributed by atoms with Gasteiger partial charge in [-0.15, -0.1) is 0 Å². The van der Waals surface area contributed by atoms with E-state index in [4.69, 9.17) is 4.74 Å². The number of benzene rings is 2. The molecule has 4 N–H and O–H groups in total. The Morgan fingerprint density at radius 1 is 1.04 bits per heavy atom. The molecule has 0 saturated heterocycles. The van der Waals surface area contributed by atoms with E-state index in [1.807, 2.05) is 42.5 Å². The van der Waals surface area contributed by atoms with Crippen LogP contribution in [0.5, 0.6) is 5.75 Å². The van der Waals surface area contributed by atoms with Crippen molar-refractivity contribution < 1.29 is 24.4 Å². The van der Waals surface area contributed by atoms with Gasteiger partial charge in [0.2, 0.25) is 11.8 Å². The predicted octanol–water partition coefficient (Wildman–Crippen LogP) is 0.607. The van der Waals surface area contributed by atoms with Gasteiger partial charge in [-0.2, -0.15) is 0 Å². The van der Waals surface area contributed by atoms with E-state index in [1.165, 1.54) is 0 Å². The Kier molecular flexibility index (Phi) is 8.26. The lowest BCUT2D eigenvalue weighted by Crippen LogP contribution is -2.47. The van der Waals surface area contributed by atoms with Crippen LogP contribution in [0.4, 0.5) is 0 Å². The normalized spacial score (nSPS) is 11.7. The van der Waals surface area contributed by atoms with Crippen LogP contribution in [0.1, 0.15) is 11.1 Å². The zero-order valence-corrected chi connectivity index (χ0v) is 15.5. The van der Waals surface area contributed by atoms with Gasteiger partial charge in [-0.3, -0.25) is 9.59 Å². The maximum Gasteiger partial charge on any atom is 0.475 e. The molecule has 2 amide bonds. The molecule has 0 fully saturated rings. The van der Waals surface area contributed by atoms with E-state index in [9.17, 15) is 19.6 Å². The van der Waals surface area contributed by atoms with Crippen LogP contribution in [0.2, 0.25) is 0 Å². The molecule has 0 aliphatic rings. The van der Waals surface area contributed by atoms with E-state index >= 15 is 0 Å². The average molecular weight is 382 g/mol.